The number of rotatable bonds is 3. The lowest BCUT2D eigenvalue weighted by molar-refractivity contribution is -0.385. The number of sulfone groups is 1. The van der Waals surface area contributed by atoms with E-state index in [1.54, 1.807) is 20.8 Å². The molecule has 1 aromatic carbocycles. The molecule has 2 saturated heterocycles. The molecular weight excluding hydrogens is 457 g/mol. The Labute approximate surface area is 190 Å². The Morgan fingerprint density at radius 3 is 2.61 bits per heavy atom. The molecule has 10 nitrogen and oxygen atoms in total. The number of amides is 1. The van der Waals surface area contributed by atoms with Crippen molar-refractivity contribution in [2.45, 2.75) is 61.7 Å². The van der Waals surface area contributed by atoms with Crippen molar-refractivity contribution in [3.63, 3.8) is 0 Å². The van der Waals surface area contributed by atoms with Crippen LogP contribution in [0.5, 0.6) is 0 Å². The fourth-order valence-corrected chi connectivity index (χ4v) is 7.38. The molecule has 1 N–H and O–H groups in total. The summed E-state index contributed by atoms with van der Waals surface area (Å²) in [6.45, 7) is 5.95. The van der Waals surface area contributed by atoms with Gasteiger partial charge in [-0.05, 0) is 52.5 Å². The molecule has 3 aliphatic rings. The zero-order chi connectivity index (χ0) is 24.4. The number of halogens is 1. The number of fused-ring (bicyclic) bond motifs is 1. The average molecular weight is 484 g/mol. The Hall–Kier alpha value is -2.60. The van der Waals surface area contributed by atoms with Gasteiger partial charge in [0.25, 0.3) is 5.69 Å². The molecule has 1 aliphatic carbocycles. The van der Waals surface area contributed by atoms with E-state index in [0.29, 0.717) is 12.8 Å². The van der Waals surface area contributed by atoms with E-state index in [1.807, 2.05) is 0 Å². The number of benzene rings is 1. The molecule has 1 amide bonds. The number of nitrogens with zero attached hydrogens (tertiary/aromatic N) is 2. The highest BCUT2D eigenvalue weighted by molar-refractivity contribution is 7.94. The number of carbonyl (C=O) groups excluding carboxylic acids is 1. The summed E-state index contributed by atoms with van der Waals surface area (Å²) in [6.07, 6.45) is 0.256. The van der Waals surface area contributed by atoms with Crippen LogP contribution in [0.2, 0.25) is 0 Å². The molecule has 0 unspecified atom stereocenters. The lowest BCUT2D eigenvalue weighted by atomic mass is 9.85. The van der Waals surface area contributed by atoms with Crippen molar-refractivity contribution in [2.75, 3.05) is 13.2 Å². The van der Waals surface area contributed by atoms with Crippen LogP contribution < -0.4 is 5.32 Å². The minimum atomic E-state index is -4.09. The molecule has 0 spiro atoms. The number of nitro groups is 1. The van der Waals surface area contributed by atoms with Crippen molar-refractivity contribution in [2.24, 2.45) is 10.9 Å². The number of hydrogen-bond acceptors (Lipinski definition) is 7. The van der Waals surface area contributed by atoms with Gasteiger partial charge in [0.1, 0.15) is 32.8 Å². The predicted octanol–water partition coefficient (Wildman–Crippen LogP) is 2.85. The molecule has 4 rings (SSSR count). The van der Waals surface area contributed by atoms with Gasteiger partial charge in [0, 0.05) is 17.7 Å². The van der Waals surface area contributed by atoms with Gasteiger partial charge in [0.05, 0.1) is 18.1 Å². The number of ether oxygens (including phenoxy) is 2. The molecule has 2 heterocycles. The third kappa shape index (κ3) is 3.68. The maximum Gasteiger partial charge on any atom is 0.435 e. The zero-order valence-corrected chi connectivity index (χ0v) is 19.6. The first-order valence-corrected chi connectivity index (χ1v) is 12.1. The molecule has 3 fully saturated rings. The van der Waals surface area contributed by atoms with Gasteiger partial charge in [-0.3, -0.25) is 10.1 Å². The van der Waals surface area contributed by atoms with Gasteiger partial charge in [-0.15, -0.1) is 0 Å². The molecule has 0 radical (unpaired) electrons. The highest BCUT2D eigenvalue weighted by Gasteiger charge is 2.68. The van der Waals surface area contributed by atoms with Crippen LogP contribution in [-0.4, -0.2) is 54.1 Å². The summed E-state index contributed by atoms with van der Waals surface area (Å²) in [4.78, 5) is 27.2. The summed E-state index contributed by atoms with van der Waals surface area (Å²) < 4.78 is 52.2. The van der Waals surface area contributed by atoms with Crippen LogP contribution in [0.25, 0.3) is 0 Å². The second-order valence-electron chi connectivity index (χ2n) is 9.89. The van der Waals surface area contributed by atoms with Gasteiger partial charge < -0.3 is 14.8 Å². The van der Waals surface area contributed by atoms with Crippen LogP contribution >= 0.6 is 0 Å². The molecule has 180 valence electrons. The Morgan fingerprint density at radius 2 is 2.03 bits per heavy atom. The standard InChI is InChI=1S/C21H26FN3O7S/c1-19(2,3)32-18(26)23-17-20(4,12-5-6-12)33(29,30)16-10-31-11-21(16,24-17)14-9-13(25(27)28)7-8-15(14)22/h7-9,12,16H,5-6,10-11H2,1-4H3,(H,23,24,26)/t16-,20-,21-/m1/s1. The van der Waals surface area contributed by atoms with Crippen molar-refractivity contribution in [1.29, 1.82) is 0 Å². The number of amidine groups is 1. The SMILES string of the molecule is CC(C)(C)OC(=O)/N=C1/N[C@@]2(c3cc([N+](=O)[O-])ccc3F)COC[C@H]2S(=O)(=O)[C@]1(C)C1CC1. The lowest BCUT2D eigenvalue weighted by Crippen LogP contribution is -2.71. The summed E-state index contributed by atoms with van der Waals surface area (Å²) in [7, 11) is -4.09. The fourth-order valence-electron chi connectivity index (χ4n) is 4.66. The monoisotopic (exact) mass is 483 g/mol. The first-order valence-electron chi connectivity index (χ1n) is 10.6. The van der Waals surface area contributed by atoms with Crippen LogP contribution in [0.1, 0.15) is 46.1 Å². The number of non-ortho nitro benzene ring substituents is 1. The minimum absolute atomic E-state index is 0.160. The van der Waals surface area contributed by atoms with Gasteiger partial charge in [-0.1, -0.05) is 0 Å². The van der Waals surface area contributed by atoms with Crippen LogP contribution in [0, 0.1) is 21.8 Å². The van der Waals surface area contributed by atoms with Gasteiger partial charge in [-0.2, -0.15) is 4.99 Å². The molecule has 33 heavy (non-hydrogen) atoms. The number of hydrogen-bond donors (Lipinski definition) is 1. The number of carbonyl (C=O) groups is 1. The van der Waals surface area contributed by atoms with E-state index in [9.17, 15) is 23.3 Å². The Morgan fingerprint density at radius 1 is 1.36 bits per heavy atom. The maximum atomic E-state index is 15.0. The van der Waals surface area contributed by atoms with Crippen LogP contribution in [0.3, 0.4) is 0 Å². The molecule has 0 bridgehead atoms. The largest absolute Gasteiger partial charge is 0.442 e. The molecule has 1 saturated carbocycles. The van der Waals surface area contributed by atoms with E-state index in [2.05, 4.69) is 10.3 Å². The summed E-state index contributed by atoms with van der Waals surface area (Å²) in [5, 5.41) is 13.1. The van der Waals surface area contributed by atoms with Crippen LogP contribution in [0.4, 0.5) is 14.9 Å². The molecular formula is C21H26FN3O7S. The summed E-state index contributed by atoms with van der Waals surface area (Å²) >= 11 is 0. The molecule has 0 aromatic heterocycles. The molecule has 3 atom stereocenters. The second kappa shape index (κ2) is 7.45. The van der Waals surface area contributed by atoms with Crippen molar-refractivity contribution in [3.8, 4) is 0 Å². The smallest absolute Gasteiger partial charge is 0.435 e. The summed E-state index contributed by atoms with van der Waals surface area (Å²) in [5.74, 6) is -1.28. The third-order valence-electron chi connectivity index (χ3n) is 6.52. The van der Waals surface area contributed by atoms with E-state index in [4.69, 9.17) is 9.47 Å². The van der Waals surface area contributed by atoms with E-state index in [-0.39, 0.29) is 30.5 Å². The number of aliphatic imine (C=N–C) groups is 1. The second-order valence-corrected chi connectivity index (χ2v) is 12.4. The molecule has 12 heteroatoms. The summed E-state index contributed by atoms with van der Waals surface area (Å²) in [6, 6.07) is 2.93. The van der Waals surface area contributed by atoms with Crippen molar-refractivity contribution >= 4 is 27.5 Å². The lowest BCUT2D eigenvalue weighted by Gasteiger charge is -2.48. The first kappa shape index (κ1) is 23.6. The van der Waals surface area contributed by atoms with Gasteiger partial charge in [0.15, 0.2) is 9.84 Å². The van der Waals surface area contributed by atoms with Gasteiger partial charge >= 0.3 is 6.09 Å². The molecule has 2 aliphatic heterocycles. The van der Waals surface area contributed by atoms with E-state index >= 15 is 4.39 Å². The first-order chi connectivity index (χ1) is 15.2. The van der Waals surface area contributed by atoms with Crippen molar-refractivity contribution in [1.82, 2.24) is 5.32 Å². The topological polar surface area (TPSA) is 137 Å². The third-order valence-corrected chi connectivity index (χ3v) is 9.52. The average Bonchev–Trinajstić information content (AvgIpc) is 3.45. The highest BCUT2D eigenvalue weighted by atomic mass is 32.2. The quantitative estimate of drug-likeness (QED) is 0.512. The predicted molar refractivity (Wildman–Crippen MR) is 116 cm³/mol. The number of nitrogens with one attached hydrogen (secondary N) is 1. The highest BCUT2D eigenvalue weighted by Crippen LogP contribution is 2.53. The maximum absolute atomic E-state index is 15.0. The van der Waals surface area contributed by atoms with Gasteiger partial charge in [-0.25, -0.2) is 17.6 Å². The fraction of sp³-hybridized carbons (Fsp3) is 0.619. The van der Waals surface area contributed by atoms with Crippen molar-refractivity contribution < 1.29 is 32.0 Å². The van der Waals surface area contributed by atoms with E-state index in [0.717, 1.165) is 18.2 Å². The van der Waals surface area contributed by atoms with E-state index < -0.39 is 53.5 Å². The zero-order valence-electron chi connectivity index (χ0n) is 18.8. The Balaban J connectivity index is 1.91. The number of nitro benzene ring substituents is 1. The van der Waals surface area contributed by atoms with Crippen LogP contribution in [0.15, 0.2) is 23.2 Å². The van der Waals surface area contributed by atoms with Crippen LogP contribution in [-0.2, 0) is 24.8 Å². The molecule has 1 aromatic rings. The Bertz CT molecular complexity index is 1160. The Kier molecular flexibility index (Phi) is 5.32. The van der Waals surface area contributed by atoms with E-state index in [1.165, 1.54) is 6.92 Å². The minimum Gasteiger partial charge on any atom is -0.442 e. The van der Waals surface area contributed by atoms with Gasteiger partial charge in [0.2, 0.25) is 0 Å². The summed E-state index contributed by atoms with van der Waals surface area (Å²) in [5.41, 5.74) is -3.18. The van der Waals surface area contributed by atoms with Crippen molar-refractivity contribution in [3.05, 3.63) is 39.7 Å². The normalized spacial score (nSPS) is 32.2.